The van der Waals surface area contributed by atoms with Crippen molar-refractivity contribution >= 4 is 55.0 Å². The number of carboxylic acid groups (broad SMARTS) is 1. The molecule has 3 rings (SSSR count). The molecule has 2 aromatic rings. The first-order valence-electron chi connectivity index (χ1n) is 7.06. The molecule has 7 heteroatoms. The second-order valence-corrected chi connectivity index (χ2v) is 8.72. The van der Waals surface area contributed by atoms with Crippen LogP contribution in [0.1, 0.15) is 10.4 Å². The molecule has 0 bridgehead atoms. The van der Waals surface area contributed by atoms with Crippen LogP contribution in [0.4, 0.5) is 5.00 Å². The quantitative estimate of drug-likeness (QED) is 0.601. The van der Waals surface area contributed by atoms with Crippen LogP contribution >= 0.6 is 38.2 Å². The number of carbonyl (C=O) groups excluding carboxylic acids is 1. The van der Waals surface area contributed by atoms with Gasteiger partial charge in [-0.1, -0.05) is 46.3 Å². The third-order valence-electron chi connectivity index (χ3n) is 3.41. The summed E-state index contributed by atoms with van der Waals surface area (Å²) in [6.07, 6.45) is 3.86. The number of amides is 1. The summed E-state index contributed by atoms with van der Waals surface area (Å²) in [5, 5.41) is 18.5. The Morgan fingerprint density at radius 3 is 2.54 bits per heavy atom. The van der Waals surface area contributed by atoms with Crippen molar-refractivity contribution in [2.24, 2.45) is 0 Å². The molecule has 2 N–H and O–H groups in total. The number of benzene rings is 1. The summed E-state index contributed by atoms with van der Waals surface area (Å²) in [6.45, 7) is 0. The van der Waals surface area contributed by atoms with Gasteiger partial charge in [0.25, 0.3) is 0 Å². The van der Waals surface area contributed by atoms with E-state index in [9.17, 15) is 14.7 Å². The topological polar surface area (TPSA) is 66.4 Å². The lowest BCUT2D eigenvalue weighted by Crippen LogP contribution is -2.16. The average molecular weight is 424 g/mol. The van der Waals surface area contributed by atoms with Crippen molar-refractivity contribution in [3.63, 3.8) is 0 Å². The molecule has 0 unspecified atom stereocenters. The Bertz CT molecular complexity index is 845. The highest BCUT2D eigenvalue weighted by molar-refractivity contribution is 9.10. The number of thiol groups is 1. The van der Waals surface area contributed by atoms with E-state index in [0.717, 1.165) is 10.0 Å². The van der Waals surface area contributed by atoms with Crippen molar-refractivity contribution < 1.29 is 14.7 Å². The molecule has 0 saturated heterocycles. The van der Waals surface area contributed by atoms with Gasteiger partial charge < -0.3 is 10.4 Å². The number of rotatable bonds is 5. The third-order valence-corrected chi connectivity index (χ3v) is 6.76. The van der Waals surface area contributed by atoms with Crippen molar-refractivity contribution in [2.75, 3.05) is 11.1 Å². The van der Waals surface area contributed by atoms with E-state index >= 15 is 0 Å². The van der Waals surface area contributed by atoms with E-state index in [2.05, 4.69) is 21.2 Å². The predicted octanol–water partition coefficient (Wildman–Crippen LogP) is 4.86. The number of anilines is 1. The van der Waals surface area contributed by atoms with Gasteiger partial charge in [-0.15, -0.1) is 11.3 Å². The molecule has 1 aliphatic heterocycles. The second-order valence-electron chi connectivity index (χ2n) is 5.04. The smallest absolute Gasteiger partial charge is 0.339 e. The summed E-state index contributed by atoms with van der Waals surface area (Å²) in [6, 6.07) is 7.43. The Balaban J connectivity index is 1.88. The molecular weight excluding hydrogens is 410 g/mol. The Morgan fingerprint density at radius 2 is 1.88 bits per heavy atom. The second kappa shape index (κ2) is 7.38. The van der Waals surface area contributed by atoms with Crippen molar-refractivity contribution in [2.45, 2.75) is 0 Å². The maximum absolute atomic E-state index is 12.2. The van der Waals surface area contributed by atoms with Gasteiger partial charge in [0.15, 0.2) is 0 Å². The number of carbonyl (C=O) groups is 2. The van der Waals surface area contributed by atoms with Crippen LogP contribution in [0, 0.1) is 0 Å². The molecule has 4 nitrogen and oxygen atoms in total. The zero-order valence-electron chi connectivity index (χ0n) is 12.4. The summed E-state index contributed by atoms with van der Waals surface area (Å²) in [7, 11) is -0.571. The minimum atomic E-state index is -1.05. The molecule has 0 atom stereocenters. The van der Waals surface area contributed by atoms with Crippen LogP contribution in [0.5, 0.6) is 0 Å². The molecule has 0 aliphatic carbocycles. The molecule has 24 heavy (non-hydrogen) atoms. The number of thiophene rings is 1. The maximum atomic E-state index is 12.2. The molecule has 2 heterocycles. The molecule has 1 aliphatic rings. The van der Waals surface area contributed by atoms with Crippen LogP contribution in [-0.4, -0.2) is 22.7 Å². The van der Waals surface area contributed by atoms with E-state index in [1.54, 1.807) is 5.38 Å². The highest BCUT2D eigenvalue weighted by Crippen LogP contribution is 2.39. The fourth-order valence-corrected chi connectivity index (χ4v) is 5.18. The van der Waals surface area contributed by atoms with Gasteiger partial charge in [0.05, 0.1) is 5.75 Å². The number of aromatic carboxylic acids is 1. The van der Waals surface area contributed by atoms with E-state index in [4.69, 9.17) is 0 Å². The number of hydrogen-bond acceptors (Lipinski definition) is 3. The number of allylic oxidation sites excluding steroid dienone is 2. The first-order chi connectivity index (χ1) is 11.6. The minimum absolute atomic E-state index is 0.130. The van der Waals surface area contributed by atoms with Crippen molar-refractivity contribution in [3.8, 4) is 11.1 Å². The summed E-state index contributed by atoms with van der Waals surface area (Å²) in [4.78, 5) is 23.9. The lowest BCUT2D eigenvalue weighted by molar-refractivity contribution is -0.113. The number of halogens is 1. The molecular formula is C17H14BrNO3S2. The predicted molar refractivity (Wildman–Crippen MR) is 105 cm³/mol. The summed E-state index contributed by atoms with van der Waals surface area (Å²) >= 11 is 4.68. The third kappa shape index (κ3) is 3.63. The largest absolute Gasteiger partial charge is 0.478 e. The first kappa shape index (κ1) is 17.0. The normalized spacial score (nSPS) is 14.1. The monoisotopic (exact) mass is 423 g/mol. The van der Waals surface area contributed by atoms with Gasteiger partial charge in [-0.2, -0.15) is 0 Å². The molecule has 1 aromatic carbocycles. The SMILES string of the molecule is O=C(C[SH]1C=CC=C1)Nc1scc(-c2ccccc2Br)c1C(=O)O. The van der Waals surface area contributed by atoms with Crippen molar-refractivity contribution in [1.29, 1.82) is 0 Å². The Hall–Kier alpha value is -1.83. The number of nitrogens with one attached hydrogen (secondary N) is 1. The maximum Gasteiger partial charge on any atom is 0.339 e. The fourth-order valence-electron chi connectivity index (χ4n) is 2.35. The summed E-state index contributed by atoms with van der Waals surface area (Å²) in [5.74, 6) is -0.854. The standard InChI is InChI=1S/C17H14BrNO3S2/c18-13-6-2-1-5-11(13)12-9-23-16(15(12)17(21)22)19-14(20)10-24-7-3-4-8-24/h1-9,24H,10H2,(H,19,20)(H,21,22). The Kier molecular flexibility index (Phi) is 5.23. The Morgan fingerprint density at radius 1 is 1.17 bits per heavy atom. The van der Waals surface area contributed by atoms with E-state index in [0.29, 0.717) is 16.3 Å². The summed E-state index contributed by atoms with van der Waals surface area (Å²) in [5.41, 5.74) is 1.52. The zero-order chi connectivity index (χ0) is 17.1. The van der Waals surface area contributed by atoms with Crippen LogP contribution in [0.2, 0.25) is 0 Å². The van der Waals surface area contributed by atoms with Gasteiger partial charge >= 0.3 is 5.97 Å². The van der Waals surface area contributed by atoms with Crippen LogP contribution < -0.4 is 5.32 Å². The molecule has 0 fully saturated rings. The lowest BCUT2D eigenvalue weighted by Gasteiger charge is -2.10. The van der Waals surface area contributed by atoms with Gasteiger partial charge in [0, 0.05) is 15.4 Å². The molecule has 0 spiro atoms. The highest BCUT2D eigenvalue weighted by Gasteiger charge is 2.22. The average Bonchev–Trinajstić information content (AvgIpc) is 3.17. The number of carboxylic acids is 1. The molecule has 0 saturated carbocycles. The van der Waals surface area contributed by atoms with E-state index < -0.39 is 16.9 Å². The molecule has 124 valence electrons. The van der Waals surface area contributed by atoms with Crippen molar-refractivity contribution in [3.05, 3.63) is 62.6 Å². The van der Waals surface area contributed by atoms with Gasteiger partial charge in [-0.05, 0) is 22.4 Å². The molecule has 1 aromatic heterocycles. The van der Waals surface area contributed by atoms with Crippen LogP contribution in [0.15, 0.2) is 57.1 Å². The Labute approximate surface area is 154 Å². The van der Waals surface area contributed by atoms with E-state index in [1.165, 1.54) is 11.3 Å². The first-order valence-corrected chi connectivity index (χ1v) is 10.4. The minimum Gasteiger partial charge on any atom is -0.478 e. The van der Waals surface area contributed by atoms with Crippen LogP contribution in [-0.2, 0) is 4.79 Å². The molecule has 0 radical (unpaired) electrons. The van der Waals surface area contributed by atoms with Gasteiger partial charge in [-0.3, -0.25) is 4.79 Å². The van der Waals surface area contributed by atoms with E-state index in [-0.39, 0.29) is 11.5 Å². The van der Waals surface area contributed by atoms with Gasteiger partial charge in [0.2, 0.25) is 5.91 Å². The summed E-state index contributed by atoms with van der Waals surface area (Å²) < 4.78 is 0.813. The lowest BCUT2D eigenvalue weighted by atomic mass is 10.0. The van der Waals surface area contributed by atoms with E-state index in [1.807, 2.05) is 47.2 Å². The zero-order valence-corrected chi connectivity index (χ0v) is 15.7. The number of hydrogen-bond donors (Lipinski definition) is 3. The van der Waals surface area contributed by atoms with Gasteiger partial charge in [0.1, 0.15) is 10.6 Å². The highest BCUT2D eigenvalue weighted by atomic mass is 79.9. The van der Waals surface area contributed by atoms with Crippen LogP contribution in [0.3, 0.4) is 0 Å². The van der Waals surface area contributed by atoms with Crippen LogP contribution in [0.25, 0.3) is 11.1 Å². The van der Waals surface area contributed by atoms with Crippen molar-refractivity contribution in [1.82, 2.24) is 0 Å². The molecule has 1 amide bonds. The fraction of sp³-hybridized carbons (Fsp3) is 0.0588. The van der Waals surface area contributed by atoms with Gasteiger partial charge in [-0.25, -0.2) is 15.7 Å².